The Labute approximate surface area is 259 Å². The number of hydrogen-bond acceptors (Lipinski definition) is 9. The van der Waals surface area contributed by atoms with E-state index in [0.717, 1.165) is 36.6 Å². The minimum absolute atomic E-state index is 0.0578. The zero-order valence-electron chi connectivity index (χ0n) is 25.3. The number of hydrogen-bond donors (Lipinski definition) is 1. The first-order valence-corrected chi connectivity index (χ1v) is 16.4. The molecule has 0 radical (unpaired) electrons. The molecule has 4 rings (SSSR count). The third-order valence-corrected chi connectivity index (χ3v) is 8.51. The number of methoxy groups -OCH3 is 1. The van der Waals surface area contributed by atoms with Crippen LogP contribution in [0.1, 0.15) is 49.3 Å². The summed E-state index contributed by atoms with van der Waals surface area (Å²) >= 11 is -0.969. The fourth-order valence-electron chi connectivity index (χ4n) is 5.58. The second-order valence-electron chi connectivity index (χ2n) is 10.9. The van der Waals surface area contributed by atoms with Crippen molar-refractivity contribution in [2.24, 2.45) is 5.92 Å². The van der Waals surface area contributed by atoms with E-state index >= 15 is 0 Å². The summed E-state index contributed by atoms with van der Waals surface area (Å²) < 4.78 is 63.8. The zero-order chi connectivity index (χ0) is 31.7. The minimum atomic E-state index is -4.59. The summed E-state index contributed by atoms with van der Waals surface area (Å²) in [4.78, 5) is 12.9. The van der Waals surface area contributed by atoms with Gasteiger partial charge in [0.1, 0.15) is 18.6 Å². The monoisotopic (exact) mass is 632 g/mol. The van der Waals surface area contributed by atoms with Gasteiger partial charge in [-0.3, -0.25) is 0 Å². The molecule has 1 N–H and O–H groups in total. The summed E-state index contributed by atoms with van der Waals surface area (Å²) in [5.41, 5.74) is 1.17. The van der Waals surface area contributed by atoms with Crippen LogP contribution in [0, 0.1) is 17.2 Å². The second-order valence-corrected chi connectivity index (χ2v) is 12.4. The fourth-order valence-corrected chi connectivity index (χ4v) is 5.90. The van der Waals surface area contributed by atoms with Gasteiger partial charge >= 0.3 is 6.18 Å². The Morgan fingerprint density at radius 2 is 1.93 bits per heavy atom. The van der Waals surface area contributed by atoms with Crippen molar-refractivity contribution in [1.29, 1.82) is 5.26 Å². The van der Waals surface area contributed by atoms with Crippen LogP contribution >= 0.6 is 0 Å². The summed E-state index contributed by atoms with van der Waals surface area (Å²) in [6, 6.07) is 5.30. The first kappa shape index (κ1) is 33.4. The van der Waals surface area contributed by atoms with Gasteiger partial charge in [-0.05, 0) is 61.6 Å². The van der Waals surface area contributed by atoms with Crippen molar-refractivity contribution in [3.63, 3.8) is 0 Å². The van der Waals surface area contributed by atoms with Crippen LogP contribution in [-0.2, 0) is 28.6 Å². The van der Waals surface area contributed by atoms with Crippen LogP contribution < -0.4 is 10.1 Å². The molecule has 1 aromatic heterocycles. The highest BCUT2D eigenvalue weighted by Crippen LogP contribution is 2.34. The number of halogens is 3. The maximum Gasteiger partial charge on any atom is 0.416 e. The zero-order valence-corrected chi connectivity index (χ0v) is 26.1. The highest BCUT2D eigenvalue weighted by atomic mass is 32.2. The molecule has 0 amide bonds. The molecule has 1 aliphatic heterocycles. The molecule has 0 saturated heterocycles. The maximum absolute atomic E-state index is 13.7. The van der Waals surface area contributed by atoms with Crippen molar-refractivity contribution in [3.8, 4) is 11.8 Å². The summed E-state index contributed by atoms with van der Waals surface area (Å²) in [7, 11) is 1.55. The van der Waals surface area contributed by atoms with Crippen LogP contribution in [0.5, 0.6) is 5.75 Å². The molecule has 2 aliphatic rings. The van der Waals surface area contributed by atoms with Crippen molar-refractivity contribution in [3.05, 3.63) is 70.8 Å². The van der Waals surface area contributed by atoms with Gasteiger partial charge in [-0.1, -0.05) is 24.0 Å². The number of alkyl halides is 3. The number of nitriles is 1. The average molecular weight is 633 g/mol. The number of likely N-dealkylation sites (N-methyl/N-ethyl adjacent to an activating group) is 1. The molecular formula is C31H39F3N6O3S. The molecule has 0 spiro atoms. The van der Waals surface area contributed by atoms with Gasteiger partial charge in [0.15, 0.2) is 5.75 Å². The molecule has 2 atom stereocenters. The third kappa shape index (κ3) is 9.03. The number of aromatic nitrogens is 2. The molecule has 2 aromatic rings. The predicted molar refractivity (Wildman–Crippen MR) is 163 cm³/mol. The smallest absolute Gasteiger partial charge is 0.416 e. The van der Waals surface area contributed by atoms with Gasteiger partial charge in [0.05, 0.1) is 53.8 Å². The average Bonchev–Trinajstić information content (AvgIpc) is 3.52. The number of nitrogens with one attached hydrogen (secondary N) is 1. The van der Waals surface area contributed by atoms with Crippen LogP contribution in [0.3, 0.4) is 0 Å². The van der Waals surface area contributed by atoms with Crippen molar-refractivity contribution < 1.29 is 27.2 Å². The van der Waals surface area contributed by atoms with E-state index in [1.165, 1.54) is 44.1 Å². The predicted octanol–water partition coefficient (Wildman–Crippen LogP) is 5.30. The highest BCUT2D eigenvalue weighted by molar-refractivity contribution is 7.90. The quantitative estimate of drug-likeness (QED) is 0.277. The number of rotatable bonds is 14. The van der Waals surface area contributed by atoms with Gasteiger partial charge in [0.2, 0.25) is 5.95 Å². The van der Waals surface area contributed by atoms with Gasteiger partial charge in [-0.2, -0.15) is 18.4 Å². The summed E-state index contributed by atoms with van der Waals surface area (Å²) in [5, 5.41) is 12.7. The van der Waals surface area contributed by atoms with E-state index in [-0.39, 0.29) is 25.3 Å². The normalized spacial score (nSPS) is 18.0. The van der Waals surface area contributed by atoms with Crippen LogP contribution in [0.15, 0.2) is 54.1 Å². The first-order chi connectivity index (χ1) is 21.1. The molecule has 2 heterocycles. The Bertz CT molecular complexity index is 1340. The lowest BCUT2D eigenvalue weighted by Gasteiger charge is -2.40. The lowest BCUT2D eigenvalue weighted by Crippen LogP contribution is -2.42. The van der Waals surface area contributed by atoms with Crippen LogP contribution in [0.4, 0.5) is 19.1 Å². The van der Waals surface area contributed by atoms with Crippen molar-refractivity contribution >= 4 is 17.1 Å². The fraction of sp³-hybridized carbons (Fsp3) is 0.516. The Morgan fingerprint density at radius 3 is 2.55 bits per heavy atom. The van der Waals surface area contributed by atoms with Crippen molar-refractivity contribution in [2.45, 2.75) is 51.6 Å². The number of nitrogens with zero attached hydrogens (tertiary/aromatic N) is 5. The topological polar surface area (TPSA) is 110 Å². The van der Waals surface area contributed by atoms with Gasteiger partial charge in [0.25, 0.3) is 0 Å². The molecule has 44 heavy (non-hydrogen) atoms. The van der Waals surface area contributed by atoms with Crippen molar-refractivity contribution in [2.75, 3.05) is 50.7 Å². The van der Waals surface area contributed by atoms with E-state index in [0.29, 0.717) is 28.9 Å². The largest absolute Gasteiger partial charge is 0.616 e. The third-order valence-electron chi connectivity index (χ3n) is 7.77. The second kappa shape index (κ2) is 15.5. The molecule has 1 saturated carbocycles. The molecule has 238 valence electrons. The number of allylic oxidation sites excluding steroid dienone is 1. The molecular weight excluding hydrogens is 593 g/mol. The van der Waals surface area contributed by atoms with Crippen LogP contribution in [0.2, 0.25) is 0 Å². The van der Waals surface area contributed by atoms with Gasteiger partial charge in [-0.25, -0.2) is 9.97 Å². The highest BCUT2D eigenvalue weighted by Gasteiger charge is 2.33. The van der Waals surface area contributed by atoms with Gasteiger partial charge in [0, 0.05) is 26.7 Å². The van der Waals surface area contributed by atoms with Gasteiger partial charge < -0.3 is 29.1 Å². The van der Waals surface area contributed by atoms with Gasteiger partial charge in [-0.15, -0.1) is 0 Å². The standard InChI is InChI=1S/C31H39F3N6O3S/c1-4-39(20-22-7-5-6-8-22)27-9-10-29(42-2)40(21-24-13-23(16-35)14-25(15-24)31(32,33)34)28(27)19-38-30-36-17-26(18-37-30)43-11-12-44(3)41/h9-10,13-15,17-18,22,29H,4-8,11-12,19-21H2,1-3H3,(H,36,37,38). The summed E-state index contributed by atoms with van der Waals surface area (Å²) in [5.74, 6) is 1.77. The van der Waals surface area contributed by atoms with E-state index in [1.807, 2.05) is 23.1 Å². The molecule has 9 nitrogen and oxygen atoms in total. The lowest BCUT2D eigenvalue weighted by atomic mass is 10.0. The lowest BCUT2D eigenvalue weighted by molar-refractivity contribution is -0.137. The molecule has 2 unspecified atom stereocenters. The first-order valence-electron chi connectivity index (χ1n) is 14.7. The SMILES string of the molecule is CCN(CC1CCCC1)C1=C(CNc2ncc(OCC[S+](C)[O-])cn2)N(Cc2cc(C#N)cc(C(F)(F)F)c2)C(OC)C=C1. The summed E-state index contributed by atoms with van der Waals surface area (Å²) in [6.07, 6.45) is 8.22. The maximum atomic E-state index is 13.7. The molecule has 13 heteroatoms. The van der Waals surface area contributed by atoms with Crippen LogP contribution in [-0.4, -0.2) is 75.9 Å². The van der Waals surface area contributed by atoms with E-state index in [9.17, 15) is 23.0 Å². The number of ether oxygens (including phenoxy) is 2. The van der Waals surface area contributed by atoms with E-state index < -0.39 is 29.1 Å². The molecule has 0 bridgehead atoms. The van der Waals surface area contributed by atoms with Crippen molar-refractivity contribution in [1.82, 2.24) is 19.8 Å². The Balaban J connectivity index is 1.65. The minimum Gasteiger partial charge on any atom is -0.616 e. The Hall–Kier alpha value is -3.47. The van der Waals surface area contributed by atoms with Crippen LogP contribution in [0.25, 0.3) is 0 Å². The molecule has 1 aliphatic carbocycles. The van der Waals surface area contributed by atoms with E-state index in [4.69, 9.17) is 9.47 Å². The molecule has 1 fully saturated rings. The van der Waals surface area contributed by atoms with E-state index in [1.54, 1.807) is 13.4 Å². The Morgan fingerprint density at radius 1 is 1.20 bits per heavy atom. The molecule has 1 aromatic carbocycles. The number of benzene rings is 1. The summed E-state index contributed by atoms with van der Waals surface area (Å²) in [6.45, 7) is 4.34. The Kier molecular flexibility index (Phi) is 11.8. The van der Waals surface area contributed by atoms with E-state index in [2.05, 4.69) is 27.1 Å². The number of anilines is 1.